The van der Waals surface area contributed by atoms with E-state index in [4.69, 9.17) is 0 Å². The van der Waals surface area contributed by atoms with Crippen LogP contribution in [0.1, 0.15) is 29.5 Å². The molecule has 0 aliphatic rings. The van der Waals surface area contributed by atoms with Crippen LogP contribution in [0.5, 0.6) is 0 Å². The third-order valence-corrected chi connectivity index (χ3v) is 3.11. The van der Waals surface area contributed by atoms with Crippen LogP contribution in [0.25, 0.3) is 0 Å². The minimum absolute atomic E-state index is 0.0497. The highest BCUT2D eigenvalue weighted by atomic mass is 16.5. The Balaban J connectivity index is 2.58. The van der Waals surface area contributed by atoms with Crippen LogP contribution in [0.4, 0.5) is 0 Å². The number of hydrogen-bond donors (Lipinski definition) is 0. The van der Waals surface area contributed by atoms with E-state index < -0.39 is 0 Å². The minimum atomic E-state index is -0.353. The highest BCUT2D eigenvalue weighted by Gasteiger charge is 2.12. The number of amides is 1. The number of benzene rings is 1. The molecule has 0 spiro atoms. The number of ether oxygens (including phenoxy) is 1. The van der Waals surface area contributed by atoms with Gasteiger partial charge < -0.3 is 9.64 Å². The Morgan fingerprint density at radius 1 is 1.21 bits per heavy atom. The van der Waals surface area contributed by atoms with Gasteiger partial charge in [-0.3, -0.25) is 9.59 Å². The molecule has 0 bridgehead atoms. The normalized spacial score (nSPS) is 10.1. The zero-order valence-electron chi connectivity index (χ0n) is 12.0. The highest BCUT2D eigenvalue weighted by Crippen LogP contribution is 2.13. The van der Waals surface area contributed by atoms with Gasteiger partial charge in [-0.25, -0.2) is 0 Å². The molecule has 1 aromatic carbocycles. The van der Waals surface area contributed by atoms with Crippen LogP contribution < -0.4 is 0 Å². The van der Waals surface area contributed by atoms with E-state index in [1.807, 2.05) is 13.8 Å². The van der Waals surface area contributed by atoms with Gasteiger partial charge in [0.1, 0.15) is 0 Å². The molecular formula is C15H21NO3. The van der Waals surface area contributed by atoms with E-state index in [-0.39, 0.29) is 24.7 Å². The molecule has 0 aliphatic heterocycles. The fourth-order valence-corrected chi connectivity index (χ4v) is 1.82. The summed E-state index contributed by atoms with van der Waals surface area (Å²) in [4.78, 5) is 24.5. The Labute approximate surface area is 114 Å². The van der Waals surface area contributed by atoms with E-state index in [2.05, 4.69) is 22.9 Å². The van der Waals surface area contributed by atoms with E-state index >= 15 is 0 Å². The number of esters is 1. The van der Waals surface area contributed by atoms with Crippen LogP contribution >= 0.6 is 0 Å². The van der Waals surface area contributed by atoms with Crippen LogP contribution in [0.2, 0.25) is 0 Å². The largest absolute Gasteiger partial charge is 0.469 e. The summed E-state index contributed by atoms with van der Waals surface area (Å²) >= 11 is 0. The molecule has 1 amide bonds. The number of methoxy groups -OCH3 is 1. The zero-order valence-corrected chi connectivity index (χ0v) is 12.0. The second-order valence-electron chi connectivity index (χ2n) is 4.76. The molecule has 0 saturated heterocycles. The molecular weight excluding hydrogens is 242 g/mol. The maximum absolute atomic E-state index is 11.9. The molecule has 0 aliphatic carbocycles. The third kappa shape index (κ3) is 4.73. The molecule has 0 radical (unpaired) electrons. The molecule has 104 valence electrons. The first-order valence-electron chi connectivity index (χ1n) is 6.31. The number of carbonyl (C=O) groups excluding carboxylic acids is 2. The summed E-state index contributed by atoms with van der Waals surface area (Å²) in [5.41, 5.74) is 3.48. The molecule has 0 atom stereocenters. The molecule has 1 rings (SSSR count). The van der Waals surface area contributed by atoms with Gasteiger partial charge in [0, 0.05) is 20.0 Å². The standard InChI is InChI=1S/C15H21NO3/c1-11-5-6-12(2)13(9-11)10-16(3)14(17)7-8-15(18)19-4/h5-6,9H,7-8,10H2,1-4H3. The van der Waals surface area contributed by atoms with Crippen molar-refractivity contribution in [3.05, 3.63) is 34.9 Å². The van der Waals surface area contributed by atoms with Crippen molar-refractivity contribution in [2.45, 2.75) is 33.2 Å². The lowest BCUT2D eigenvalue weighted by Crippen LogP contribution is -2.27. The molecule has 4 nitrogen and oxygen atoms in total. The van der Waals surface area contributed by atoms with Crippen molar-refractivity contribution in [2.75, 3.05) is 14.2 Å². The van der Waals surface area contributed by atoms with Crippen molar-refractivity contribution < 1.29 is 14.3 Å². The van der Waals surface area contributed by atoms with Crippen molar-refractivity contribution in [3.63, 3.8) is 0 Å². The zero-order chi connectivity index (χ0) is 14.4. The molecule has 0 aromatic heterocycles. The van der Waals surface area contributed by atoms with Crippen molar-refractivity contribution >= 4 is 11.9 Å². The van der Waals surface area contributed by atoms with Gasteiger partial charge in [-0.1, -0.05) is 23.8 Å². The predicted molar refractivity (Wildman–Crippen MR) is 73.6 cm³/mol. The summed E-state index contributed by atoms with van der Waals surface area (Å²) < 4.78 is 4.52. The maximum Gasteiger partial charge on any atom is 0.306 e. The fourth-order valence-electron chi connectivity index (χ4n) is 1.82. The summed E-state index contributed by atoms with van der Waals surface area (Å²) in [6.07, 6.45) is 0.320. The topological polar surface area (TPSA) is 46.6 Å². The molecule has 19 heavy (non-hydrogen) atoms. The average molecular weight is 263 g/mol. The van der Waals surface area contributed by atoms with Crippen molar-refractivity contribution in [1.29, 1.82) is 0 Å². The number of hydrogen-bond acceptors (Lipinski definition) is 3. The predicted octanol–water partition coefficient (Wildman–Crippen LogP) is 2.22. The third-order valence-electron chi connectivity index (χ3n) is 3.11. The molecule has 0 saturated carbocycles. The van der Waals surface area contributed by atoms with E-state index in [0.717, 1.165) is 5.56 Å². The monoisotopic (exact) mass is 263 g/mol. The second kappa shape index (κ2) is 6.92. The van der Waals surface area contributed by atoms with Gasteiger partial charge in [0.05, 0.1) is 13.5 Å². The highest BCUT2D eigenvalue weighted by molar-refractivity contribution is 5.81. The van der Waals surface area contributed by atoms with E-state index in [1.54, 1.807) is 11.9 Å². The number of carbonyl (C=O) groups is 2. The Bertz CT molecular complexity index is 468. The number of rotatable bonds is 5. The van der Waals surface area contributed by atoms with Gasteiger partial charge in [-0.05, 0) is 25.0 Å². The van der Waals surface area contributed by atoms with Crippen molar-refractivity contribution in [1.82, 2.24) is 4.90 Å². The summed E-state index contributed by atoms with van der Waals surface area (Å²) in [5.74, 6) is -0.403. The quantitative estimate of drug-likeness (QED) is 0.765. The van der Waals surface area contributed by atoms with Crippen molar-refractivity contribution in [3.8, 4) is 0 Å². The molecule has 1 aromatic rings. The lowest BCUT2D eigenvalue weighted by Gasteiger charge is -2.18. The smallest absolute Gasteiger partial charge is 0.306 e. The fraction of sp³-hybridized carbons (Fsp3) is 0.467. The lowest BCUT2D eigenvalue weighted by molar-refractivity contribution is -0.143. The SMILES string of the molecule is COC(=O)CCC(=O)N(C)Cc1cc(C)ccc1C. The van der Waals surface area contributed by atoms with Crippen molar-refractivity contribution in [2.24, 2.45) is 0 Å². The summed E-state index contributed by atoms with van der Waals surface area (Å²) in [6, 6.07) is 6.19. The van der Waals surface area contributed by atoms with Gasteiger partial charge in [0.15, 0.2) is 0 Å². The van der Waals surface area contributed by atoms with Crippen LogP contribution in [0.15, 0.2) is 18.2 Å². The molecule has 4 heteroatoms. The molecule has 0 unspecified atom stereocenters. The Hall–Kier alpha value is -1.84. The molecule has 0 N–H and O–H groups in total. The van der Waals surface area contributed by atoms with Crippen LogP contribution in [-0.4, -0.2) is 30.9 Å². The van der Waals surface area contributed by atoms with E-state index in [9.17, 15) is 9.59 Å². The second-order valence-corrected chi connectivity index (χ2v) is 4.76. The van der Waals surface area contributed by atoms with Gasteiger partial charge in [0.25, 0.3) is 0 Å². The van der Waals surface area contributed by atoms with Crippen LogP contribution in [-0.2, 0) is 20.9 Å². The summed E-state index contributed by atoms with van der Waals surface area (Å²) in [6.45, 7) is 4.62. The van der Waals surface area contributed by atoms with Gasteiger partial charge in [0.2, 0.25) is 5.91 Å². The van der Waals surface area contributed by atoms with Gasteiger partial charge in [-0.15, -0.1) is 0 Å². The first-order valence-corrected chi connectivity index (χ1v) is 6.31. The average Bonchev–Trinajstić information content (AvgIpc) is 2.39. The van der Waals surface area contributed by atoms with Gasteiger partial charge in [-0.2, -0.15) is 0 Å². The first-order chi connectivity index (χ1) is 8.93. The Kier molecular flexibility index (Phi) is 5.55. The Morgan fingerprint density at radius 3 is 2.53 bits per heavy atom. The Morgan fingerprint density at radius 2 is 1.89 bits per heavy atom. The van der Waals surface area contributed by atoms with E-state index in [0.29, 0.717) is 6.54 Å². The summed E-state index contributed by atoms with van der Waals surface area (Å²) in [7, 11) is 3.08. The van der Waals surface area contributed by atoms with Gasteiger partial charge >= 0.3 is 5.97 Å². The summed E-state index contributed by atoms with van der Waals surface area (Å²) in [5, 5.41) is 0. The number of nitrogens with zero attached hydrogens (tertiary/aromatic N) is 1. The first kappa shape index (κ1) is 15.2. The molecule has 0 fully saturated rings. The van der Waals surface area contributed by atoms with Crippen LogP contribution in [0, 0.1) is 13.8 Å². The minimum Gasteiger partial charge on any atom is -0.469 e. The molecule has 0 heterocycles. The maximum atomic E-state index is 11.9. The van der Waals surface area contributed by atoms with Crippen LogP contribution in [0.3, 0.4) is 0 Å². The van der Waals surface area contributed by atoms with E-state index in [1.165, 1.54) is 18.2 Å². The lowest BCUT2D eigenvalue weighted by atomic mass is 10.1. The number of aryl methyl sites for hydroxylation is 2.